The van der Waals surface area contributed by atoms with E-state index < -0.39 is 6.55 Å². The highest BCUT2D eigenvalue weighted by atomic mass is 32.2. The van der Waals surface area contributed by atoms with Gasteiger partial charge in [0, 0.05) is 30.2 Å². The molecule has 2 unspecified atom stereocenters. The number of alkyl halides is 2. The summed E-state index contributed by atoms with van der Waals surface area (Å²) in [5.41, 5.74) is 0. The second kappa shape index (κ2) is 8.36. The third-order valence-corrected chi connectivity index (χ3v) is 4.84. The molecule has 124 valence electrons. The van der Waals surface area contributed by atoms with Crippen molar-refractivity contribution in [2.45, 2.75) is 50.6 Å². The molecule has 1 aromatic heterocycles. The van der Waals surface area contributed by atoms with Crippen molar-refractivity contribution in [3.05, 3.63) is 18.2 Å². The molecule has 1 saturated carbocycles. The lowest BCUT2D eigenvalue weighted by atomic mass is 10.2. The molecule has 0 aliphatic heterocycles. The average molecular weight is 331 g/mol. The van der Waals surface area contributed by atoms with E-state index in [1.165, 1.54) is 18.8 Å². The Morgan fingerprint density at radius 1 is 1.55 bits per heavy atom. The van der Waals surface area contributed by atoms with E-state index in [9.17, 15) is 8.78 Å². The zero-order chi connectivity index (χ0) is 15.9. The van der Waals surface area contributed by atoms with Crippen LogP contribution in [0.2, 0.25) is 0 Å². The van der Waals surface area contributed by atoms with Crippen molar-refractivity contribution < 1.29 is 8.78 Å². The average Bonchev–Trinajstić information content (AvgIpc) is 3.13. The van der Waals surface area contributed by atoms with Gasteiger partial charge in [0.15, 0.2) is 5.96 Å². The Labute approximate surface area is 134 Å². The molecule has 22 heavy (non-hydrogen) atoms. The standard InChI is InChI=1S/C14H23F2N5S/c1-3-17-14(20-10-4-5-11(8-10)22-2)19-9-12-18-6-7-21(12)13(15)16/h6-7,10-11,13H,3-5,8-9H2,1-2H3,(H2,17,19,20). The van der Waals surface area contributed by atoms with E-state index in [0.29, 0.717) is 17.3 Å². The summed E-state index contributed by atoms with van der Waals surface area (Å²) in [6.07, 6.45) is 8.21. The summed E-state index contributed by atoms with van der Waals surface area (Å²) >= 11 is 1.90. The fraction of sp³-hybridized carbons (Fsp3) is 0.714. The maximum Gasteiger partial charge on any atom is 0.319 e. The number of hydrogen-bond acceptors (Lipinski definition) is 3. The van der Waals surface area contributed by atoms with Crippen LogP contribution in [0.15, 0.2) is 17.4 Å². The van der Waals surface area contributed by atoms with Gasteiger partial charge in [0.05, 0.1) is 0 Å². The number of nitrogens with one attached hydrogen (secondary N) is 2. The smallest absolute Gasteiger partial charge is 0.319 e. The van der Waals surface area contributed by atoms with E-state index in [0.717, 1.165) is 24.0 Å². The van der Waals surface area contributed by atoms with Crippen molar-refractivity contribution >= 4 is 17.7 Å². The lowest BCUT2D eigenvalue weighted by Crippen LogP contribution is -2.42. The molecule has 8 heteroatoms. The second-order valence-electron chi connectivity index (χ2n) is 5.24. The Morgan fingerprint density at radius 2 is 2.36 bits per heavy atom. The van der Waals surface area contributed by atoms with Crippen LogP contribution < -0.4 is 10.6 Å². The molecule has 1 aliphatic carbocycles. The molecular formula is C14H23F2N5S. The number of aromatic nitrogens is 2. The van der Waals surface area contributed by atoms with E-state index in [1.54, 1.807) is 0 Å². The molecule has 2 N–H and O–H groups in total. The normalized spacial score (nSPS) is 22.3. The molecule has 1 aromatic rings. The van der Waals surface area contributed by atoms with E-state index >= 15 is 0 Å². The third kappa shape index (κ3) is 4.59. The van der Waals surface area contributed by atoms with Crippen LogP contribution in [0.25, 0.3) is 0 Å². The summed E-state index contributed by atoms with van der Waals surface area (Å²) in [5.74, 6) is 0.929. The summed E-state index contributed by atoms with van der Waals surface area (Å²) in [4.78, 5) is 8.33. The second-order valence-corrected chi connectivity index (χ2v) is 6.37. The molecule has 1 fully saturated rings. The van der Waals surface area contributed by atoms with Crippen LogP contribution in [0, 0.1) is 0 Å². The fourth-order valence-electron chi connectivity index (χ4n) is 2.59. The van der Waals surface area contributed by atoms with E-state index in [1.807, 2.05) is 18.7 Å². The van der Waals surface area contributed by atoms with Gasteiger partial charge in [-0.15, -0.1) is 0 Å². The molecule has 0 amide bonds. The van der Waals surface area contributed by atoms with E-state index in [4.69, 9.17) is 0 Å². The Hall–Kier alpha value is -1.31. The Balaban J connectivity index is 1.96. The van der Waals surface area contributed by atoms with Gasteiger partial charge >= 0.3 is 6.55 Å². The highest BCUT2D eigenvalue weighted by Crippen LogP contribution is 2.28. The van der Waals surface area contributed by atoms with E-state index in [2.05, 4.69) is 26.9 Å². The van der Waals surface area contributed by atoms with Crippen LogP contribution in [0.4, 0.5) is 8.78 Å². The maximum absolute atomic E-state index is 12.8. The molecule has 5 nitrogen and oxygen atoms in total. The van der Waals surface area contributed by atoms with Gasteiger partial charge in [-0.25, -0.2) is 9.98 Å². The molecule has 2 rings (SSSR count). The number of guanidine groups is 1. The Bertz CT molecular complexity index is 491. The predicted molar refractivity (Wildman–Crippen MR) is 86.4 cm³/mol. The molecule has 0 bridgehead atoms. The number of imidazole rings is 1. The zero-order valence-corrected chi connectivity index (χ0v) is 13.7. The zero-order valence-electron chi connectivity index (χ0n) is 12.9. The minimum atomic E-state index is -2.58. The van der Waals surface area contributed by atoms with Gasteiger partial charge in [0.25, 0.3) is 0 Å². The SMILES string of the molecule is CCNC(=NCc1nccn1C(F)F)NC1CCC(SC)C1. The van der Waals surface area contributed by atoms with Crippen LogP contribution in [0.5, 0.6) is 0 Å². The fourth-order valence-corrected chi connectivity index (χ4v) is 3.39. The number of aliphatic imine (C=N–C) groups is 1. The Kier molecular flexibility index (Phi) is 6.48. The summed E-state index contributed by atoms with van der Waals surface area (Å²) < 4.78 is 26.4. The van der Waals surface area contributed by atoms with Crippen LogP contribution in [-0.2, 0) is 6.54 Å². The molecular weight excluding hydrogens is 308 g/mol. The van der Waals surface area contributed by atoms with Gasteiger partial charge in [0.2, 0.25) is 0 Å². The first-order valence-corrected chi connectivity index (χ1v) is 8.80. The van der Waals surface area contributed by atoms with Gasteiger partial charge in [-0.2, -0.15) is 20.5 Å². The number of thioether (sulfide) groups is 1. The number of hydrogen-bond donors (Lipinski definition) is 2. The van der Waals surface area contributed by atoms with Gasteiger partial charge in [-0.1, -0.05) is 0 Å². The van der Waals surface area contributed by atoms with Gasteiger partial charge in [0.1, 0.15) is 12.4 Å². The van der Waals surface area contributed by atoms with Crippen molar-refractivity contribution in [3.8, 4) is 0 Å². The van der Waals surface area contributed by atoms with Crippen LogP contribution in [0.3, 0.4) is 0 Å². The minimum absolute atomic E-state index is 0.130. The number of rotatable bonds is 6. The lowest BCUT2D eigenvalue weighted by molar-refractivity contribution is 0.0671. The largest absolute Gasteiger partial charge is 0.357 e. The minimum Gasteiger partial charge on any atom is -0.357 e. The van der Waals surface area contributed by atoms with Gasteiger partial charge < -0.3 is 10.6 Å². The lowest BCUT2D eigenvalue weighted by Gasteiger charge is -2.17. The summed E-state index contributed by atoms with van der Waals surface area (Å²) in [6, 6.07) is 0.394. The molecule has 1 heterocycles. The summed E-state index contributed by atoms with van der Waals surface area (Å²) in [7, 11) is 0. The Morgan fingerprint density at radius 3 is 3.00 bits per heavy atom. The molecule has 0 aromatic carbocycles. The third-order valence-electron chi connectivity index (χ3n) is 3.74. The van der Waals surface area contributed by atoms with Crippen LogP contribution in [0.1, 0.15) is 38.6 Å². The molecule has 0 spiro atoms. The summed E-state index contributed by atoms with van der Waals surface area (Å²) in [5, 5.41) is 7.25. The van der Waals surface area contributed by atoms with Crippen molar-refractivity contribution in [1.29, 1.82) is 0 Å². The molecule has 0 radical (unpaired) electrons. The highest BCUT2D eigenvalue weighted by molar-refractivity contribution is 7.99. The van der Waals surface area contributed by atoms with Crippen LogP contribution >= 0.6 is 11.8 Å². The van der Waals surface area contributed by atoms with Crippen molar-refractivity contribution in [2.24, 2.45) is 4.99 Å². The first-order valence-electron chi connectivity index (χ1n) is 7.51. The molecule has 2 atom stereocenters. The maximum atomic E-state index is 12.8. The topological polar surface area (TPSA) is 54.2 Å². The van der Waals surface area contributed by atoms with Crippen LogP contribution in [-0.4, -0.2) is 39.6 Å². The van der Waals surface area contributed by atoms with Crippen molar-refractivity contribution in [2.75, 3.05) is 12.8 Å². The quantitative estimate of drug-likeness (QED) is 0.621. The monoisotopic (exact) mass is 331 g/mol. The first-order chi connectivity index (χ1) is 10.6. The molecule has 1 aliphatic rings. The first kappa shape index (κ1) is 17.1. The van der Waals surface area contributed by atoms with Gasteiger partial charge in [-0.3, -0.25) is 4.57 Å². The van der Waals surface area contributed by atoms with Gasteiger partial charge in [-0.05, 0) is 32.4 Å². The number of nitrogens with zero attached hydrogens (tertiary/aromatic N) is 3. The van der Waals surface area contributed by atoms with Crippen molar-refractivity contribution in [3.63, 3.8) is 0 Å². The van der Waals surface area contributed by atoms with E-state index in [-0.39, 0.29) is 12.4 Å². The number of halogens is 2. The highest BCUT2D eigenvalue weighted by Gasteiger charge is 2.24. The predicted octanol–water partition coefficient (Wildman–Crippen LogP) is 2.62. The molecule has 0 saturated heterocycles. The van der Waals surface area contributed by atoms with Crippen molar-refractivity contribution in [1.82, 2.24) is 20.2 Å². The summed E-state index contributed by atoms with van der Waals surface area (Å²) in [6.45, 7) is 0.260.